The Morgan fingerprint density at radius 3 is 2.37 bits per heavy atom. The van der Waals surface area contributed by atoms with E-state index in [-0.39, 0.29) is 11.3 Å². The lowest BCUT2D eigenvalue weighted by Gasteiger charge is -2.13. The van der Waals surface area contributed by atoms with E-state index >= 15 is 0 Å². The Bertz CT molecular complexity index is 526. The van der Waals surface area contributed by atoms with Crippen LogP contribution in [0.15, 0.2) is 29.2 Å². The van der Waals surface area contributed by atoms with Crippen molar-refractivity contribution in [2.24, 2.45) is 5.73 Å². The fraction of sp³-hybridized carbons (Fsp3) is 0.417. The molecule has 1 amide bonds. The zero-order valence-corrected chi connectivity index (χ0v) is 11.8. The summed E-state index contributed by atoms with van der Waals surface area (Å²) in [5, 5.41) is 3.08. The highest BCUT2D eigenvalue weighted by Gasteiger charge is 2.18. The van der Waals surface area contributed by atoms with Gasteiger partial charge < -0.3 is 11.1 Å². The molecule has 1 aromatic carbocycles. The van der Waals surface area contributed by atoms with E-state index in [1.54, 1.807) is 19.1 Å². The molecule has 0 aliphatic rings. The number of carbonyl (C=O) groups is 1. The smallest absolute Gasteiger partial charge is 0.240 e. The number of carbonyl (C=O) groups excluding carboxylic acids is 1. The van der Waals surface area contributed by atoms with Gasteiger partial charge in [-0.2, -0.15) is 0 Å². The molecule has 1 atom stereocenters. The summed E-state index contributed by atoms with van der Waals surface area (Å²) in [4.78, 5) is 10.9. The topological polar surface area (TPSA) is 101 Å². The normalized spacial score (nSPS) is 12.9. The predicted octanol–water partition coefficient (Wildman–Crippen LogP) is 0.661. The fourth-order valence-electron chi connectivity index (χ4n) is 1.63. The molecule has 0 saturated carbocycles. The molecule has 0 spiro atoms. The van der Waals surface area contributed by atoms with E-state index in [1.165, 1.54) is 12.1 Å². The summed E-state index contributed by atoms with van der Waals surface area (Å²) >= 11 is 0. The van der Waals surface area contributed by atoms with Crippen LogP contribution in [-0.4, -0.2) is 26.9 Å². The first-order valence-corrected chi connectivity index (χ1v) is 7.48. The average Bonchev–Trinajstić information content (AvgIpc) is 2.28. The zero-order valence-electron chi connectivity index (χ0n) is 11.0. The second kappa shape index (κ2) is 6.53. The van der Waals surface area contributed by atoms with Gasteiger partial charge in [-0.25, -0.2) is 13.1 Å². The van der Waals surface area contributed by atoms with Gasteiger partial charge >= 0.3 is 0 Å². The SMILES string of the molecule is CCNc1ccc(S(=O)(=O)NC(C)CC(N)=O)cc1. The molecule has 0 saturated heterocycles. The number of nitrogens with two attached hydrogens (primary N) is 1. The van der Waals surface area contributed by atoms with Crippen LogP contribution in [-0.2, 0) is 14.8 Å². The van der Waals surface area contributed by atoms with Crippen LogP contribution in [0.4, 0.5) is 5.69 Å². The Hall–Kier alpha value is -1.60. The summed E-state index contributed by atoms with van der Waals surface area (Å²) in [6.45, 7) is 4.31. The van der Waals surface area contributed by atoms with Gasteiger partial charge in [0, 0.05) is 24.7 Å². The number of anilines is 1. The Labute approximate surface area is 113 Å². The third kappa shape index (κ3) is 4.88. The summed E-state index contributed by atoms with van der Waals surface area (Å²) in [5.74, 6) is -0.544. The van der Waals surface area contributed by atoms with E-state index in [9.17, 15) is 13.2 Å². The molecular formula is C12H19N3O3S. The standard InChI is InChI=1S/C12H19N3O3S/c1-3-14-10-4-6-11(7-5-10)19(17,18)15-9(2)8-12(13)16/h4-7,9,14-15H,3,8H2,1-2H3,(H2,13,16). The molecule has 0 bridgehead atoms. The number of rotatable bonds is 7. The number of amides is 1. The molecule has 0 aromatic heterocycles. The quantitative estimate of drug-likeness (QED) is 0.685. The summed E-state index contributed by atoms with van der Waals surface area (Å²) in [7, 11) is -3.62. The molecule has 1 unspecified atom stereocenters. The first kappa shape index (κ1) is 15.5. The van der Waals surface area contributed by atoms with Gasteiger partial charge in [-0.1, -0.05) is 0 Å². The van der Waals surface area contributed by atoms with Crippen molar-refractivity contribution in [2.45, 2.75) is 31.2 Å². The summed E-state index contributed by atoms with van der Waals surface area (Å²) in [5.41, 5.74) is 5.88. The van der Waals surface area contributed by atoms with Gasteiger partial charge in [-0.15, -0.1) is 0 Å². The van der Waals surface area contributed by atoms with Crippen LogP contribution in [0.25, 0.3) is 0 Å². The highest BCUT2D eigenvalue weighted by molar-refractivity contribution is 7.89. The van der Waals surface area contributed by atoms with Crippen LogP contribution >= 0.6 is 0 Å². The molecule has 0 radical (unpaired) electrons. The van der Waals surface area contributed by atoms with Crippen molar-refractivity contribution in [3.05, 3.63) is 24.3 Å². The average molecular weight is 285 g/mol. The van der Waals surface area contributed by atoms with Crippen molar-refractivity contribution < 1.29 is 13.2 Å². The third-order valence-electron chi connectivity index (χ3n) is 2.41. The van der Waals surface area contributed by atoms with Crippen LogP contribution in [0.3, 0.4) is 0 Å². The van der Waals surface area contributed by atoms with Crippen LogP contribution in [0.1, 0.15) is 20.3 Å². The van der Waals surface area contributed by atoms with E-state index < -0.39 is 22.0 Å². The van der Waals surface area contributed by atoms with Crippen molar-refractivity contribution in [2.75, 3.05) is 11.9 Å². The molecule has 0 aliphatic heterocycles. The van der Waals surface area contributed by atoms with E-state index in [0.717, 1.165) is 12.2 Å². The molecule has 1 rings (SSSR count). The highest BCUT2D eigenvalue weighted by Crippen LogP contribution is 2.14. The summed E-state index contributed by atoms with van der Waals surface area (Å²) < 4.78 is 26.4. The molecule has 4 N–H and O–H groups in total. The van der Waals surface area contributed by atoms with Crippen LogP contribution < -0.4 is 15.8 Å². The fourth-order valence-corrected chi connectivity index (χ4v) is 2.88. The minimum atomic E-state index is -3.62. The van der Waals surface area contributed by atoms with Gasteiger partial charge in [-0.3, -0.25) is 4.79 Å². The first-order valence-electron chi connectivity index (χ1n) is 5.99. The predicted molar refractivity (Wildman–Crippen MR) is 74.2 cm³/mol. The number of nitrogens with one attached hydrogen (secondary N) is 2. The molecule has 19 heavy (non-hydrogen) atoms. The van der Waals surface area contributed by atoms with E-state index in [0.29, 0.717) is 0 Å². The molecule has 0 heterocycles. The summed E-state index contributed by atoms with van der Waals surface area (Å²) in [6.07, 6.45) is -0.0330. The van der Waals surface area contributed by atoms with Gasteiger partial charge in [-0.05, 0) is 38.1 Å². The molecule has 6 nitrogen and oxygen atoms in total. The molecule has 7 heteroatoms. The lowest BCUT2D eigenvalue weighted by molar-refractivity contribution is -0.118. The van der Waals surface area contributed by atoms with Crippen molar-refractivity contribution in [1.82, 2.24) is 4.72 Å². The second-order valence-electron chi connectivity index (χ2n) is 4.25. The maximum absolute atomic E-state index is 12.0. The minimum absolute atomic E-state index is 0.0330. The van der Waals surface area contributed by atoms with E-state index in [4.69, 9.17) is 5.73 Å². The number of hydrogen-bond donors (Lipinski definition) is 3. The van der Waals surface area contributed by atoms with E-state index in [2.05, 4.69) is 10.0 Å². The molecule has 106 valence electrons. The van der Waals surface area contributed by atoms with E-state index in [1.807, 2.05) is 6.92 Å². The Balaban J connectivity index is 2.79. The minimum Gasteiger partial charge on any atom is -0.385 e. The van der Waals surface area contributed by atoms with Crippen molar-refractivity contribution >= 4 is 21.6 Å². The number of sulfonamides is 1. The van der Waals surface area contributed by atoms with Gasteiger partial charge in [0.1, 0.15) is 0 Å². The molecule has 0 aliphatic carbocycles. The Morgan fingerprint density at radius 2 is 1.89 bits per heavy atom. The molecule has 1 aromatic rings. The van der Waals surface area contributed by atoms with Crippen molar-refractivity contribution in [3.8, 4) is 0 Å². The largest absolute Gasteiger partial charge is 0.385 e. The monoisotopic (exact) mass is 285 g/mol. The molecule has 0 fully saturated rings. The zero-order chi connectivity index (χ0) is 14.5. The Kier molecular flexibility index (Phi) is 5.31. The Morgan fingerprint density at radius 1 is 1.32 bits per heavy atom. The maximum Gasteiger partial charge on any atom is 0.240 e. The highest BCUT2D eigenvalue weighted by atomic mass is 32.2. The lowest BCUT2D eigenvalue weighted by atomic mass is 10.2. The summed E-state index contributed by atoms with van der Waals surface area (Å²) in [6, 6.07) is 5.87. The van der Waals surface area contributed by atoms with Crippen molar-refractivity contribution in [1.29, 1.82) is 0 Å². The third-order valence-corrected chi connectivity index (χ3v) is 4.01. The first-order chi connectivity index (χ1) is 8.85. The van der Waals surface area contributed by atoms with Gasteiger partial charge in [0.15, 0.2) is 0 Å². The maximum atomic E-state index is 12.0. The number of hydrogen-bond acceptors (Lipinski definition) is 4. The van der Waals surface area contributed by atoms with Gasteiger partial charge in [0.25, 0.3) is 0 Å². The number of primary amides is 1. The van der Waals surface area contributed by atoms with Gasteiger partial charge in [0.2, 0.25) is 15.9 Å². The number of benzene rings is 1. The second-order valence-corrected chi connectivity index (χ2v) is 5.96. The lowest BCUT2D eigenvalue weighted by Crippen LogP contribution is -2.35. The van der Waals surface area contributed by atoms with Crippen LogP contribution in [0, 0.1) is 0 Å². The van der Waals surface area contributed by atoms with Crippen LogP contribution in [0.2, 0.25) is 0 Å². The van der Waals surface area contributed by atoms with Gasteiger partial charge in [0.05, 0.1) is 4.90 Å². The van der Waals surface area contributed by atoms with Crippen molar-refractivity contribution in [3.63, 3.8) is 0 Å². The molecular weight excluding hydrogens is 266 g/mol. The van der Waals surface area contributed by atoms with Crippen LogP contribution in [0.5, 0.6) is 0 Å².